The first-order chi connectivity index (χ1) is 15.7. The van der Waals surface area contributed by atoms with Gasteiger partial charge in [-0.15, -0.1) is 11.8 Å². The predicted octanol–water partition coefficient (Wildman–Crippen LogP) is 4.03. The molecule has 2 aromatic rings. The van der Waals surface area contributed by atoms with Gasteiger partial charge in [0.1, 0.15) is 12.2 Å². The third-order valence-electron chi connectivity index (χ3n) is 4.82. The zero-order valence-electron chi connectivity index (χ0n) is 19.3. The van der Waals surface area contributed by atoms with Gasteiger partial charge in [0, 0.05) is 33.9 Å². The van der Waals surface area contributed by atoms with E-state index in [1.807, 2.05) is 20.8 Å². The van der Waals surface area contributed by atoms with E-state index in [1.54, 1.807) is 25.1 Å². The molecule has 0 aliphatic heterocycles. The molecule has 188 valence electrons. The van der Waals surface area contributed by atoms with Crippen LogP contribution >= 0.6 is 11.8 Å². The Kier molecular flexibility index (Phi) is 9.12. The number of rotatable bonds is 9. The Morgan fingerprint density at radius 3 is 2.47 bits per heavy atom. The van der Waals surface area contributed by atoms with Crippen LogP contribution in [-0.4, -0.2) is 53.7 Å². The Morgan fingerprint density at radius 1 is 1.21 bits per heavy atom. The topological polar surface area (TPSA) is 106 Å². The number of anilines is 1. The number of nitrogens with two attached hydrogens (primary N) is 1. The van der Waals surface area contributed by atoms with Crippen LogP contribution in [0.25, 0.3) is 10.9 Å². The zero-order chi connectivity index (χ0) is 25.7. The molecule has 1 aromatic carbocycles. The highest BCUT2D eigenvalue weighted by molar-refractivity contribution is 7.99. The molecular weight excluding hydrogens is 476 g/mol. The highest BCUT2D eigenvalue weighted by atomic mass is 32.2. The number of hydrogen-bond acceptors (Lipinski definition) is 7. The second-order valence-electron chi connectivity index (χ2n) is 8.90. The van der Waals surface area contributed by atoms with Crippen molar-refractivity contribution in [3.63, 3.8) is 0 Å². The van der Waals surface area contributed by atoms with Gasteiger partial charge < -0.3 is 16.4 Å². The molecule has 1 aromatic heterocycles. The van der Waals surface area contributed by atoms with Crippen LogP contribution in [0.5, 0.6) is 0 Å². The van der Waals surface area contributed by atoms with Crippen LogP contribution in [0, 0.1) is 6.92 Å². The van der Waals surface area contributed by atoms with E-state index < -0.39 is 36.1 Å². The van der Waals surface area contributed by atoms with Gasteiger partial charge in [0.05, 0.1) is 11.3 Å². The van der Waals surface area contributed by atoms with Crippen molar-refractivity contribution in [3.8, 4) is 0 Å². The number of alkyl halides is 3. The summed E-state index contributed by atoms with van der Waals surface area (Å²) in [5.41, 5.74) is 7.83. The number of aromatic nitrogens is 1. The number of carbonyl (C=O) groups is 2. The molecule has 2 rings (SSSR count). The number of pyridine rings is 1. The quantitative estimate of drug-likeness (QED) is 0.443. The maximum absolute atomic E-state index is 12.7. The van der Waals surface area contributed by atoms with Crippen molar-refractivity contribution in [3.05, 3.63) is 35.0 Å². The smallest absolute Gasteiger partial charge is 0.376 e. The molecule has 0 saturated heterocycles. The molecule has 0 saturated carbocycles. The molecule has 0 fully saturated rings. The minimum Gasteiger partial charge on any atom is -0.376 e. The van der Waals surface area contributed by atoms with Crippen molar-refractivity contribution in [2.24, 2.45) is 5.73 Å². The summed E-state index contributed by atoms with van der Waals surface area (Å²) in [6, 6.07) is 4.29. The fraction of sp³-hybridized carbons (Fsp3) is 0.500. The van der Waals surface area contributed by atoms with Gasteiger partial charge in [0.25, 0.3) is 5.91 Å². The molecule has 0 bridgehead atoms. The average Bonchev–Trinajstić information content (AvgIpc) is 2.74. The van der Waals surface area contributed by atoms with Crippen molar-refractivity contribution in [1.29, 1.82) is 0 Å². The monoisotopic (exact) mass is 504 g/mol. The van der Waals surface area contributed by atoms with E-state index in [2.05, 4.69) is 20.6 Å². The van der Waals surface area contributed by atoms with Gasteiger partial charge in [-0.1, -0.05) is 20.8 Å². The summed E-state index contributed by atoms with van der Waals surface area (Å²) in [4.78, 5) is 31.1. The van der Waals surface area contributed by atoms with E-state index in [4.69, 9.17) is 5.73 Å². The number of aryl methyl sites for hydroxylation is 1. The lowest BCUT2D eigenvalue weighted by atomic mass is 9.84. The van der Waals surface area contributed by atoms with Crippen LogP contribution in [0.15, 0.2) is 18.2 Å². The van der Waals surface area contributed by atoms with Crippen LogP contribution in [0.3, 0.4) is 0 Å². The molecule has 0 radical (unpaired) electrons. The van der Waals surface area contributed by atoms with E-state index in [-0.39, 0.29) is 18.0 Å². The maximum Gasteiger partial charge on any atom is 0.405 e. The minimum absolute atomic E-state index is 0.0989. The Balaban J connectivity index is 2.25. The standard InChI is InChI=1S/C22H28F4N4O3S/c1-12-5-17(20(32)28-8-13(27)9-34-10-18(31)33-26)30-19-15(12)6-14(29-11-22(23,24)25)7-16(19)21(2,3)4/h5-7,13,29H,8-11,27H2,1-4H3,(H,28,32). The van der Waals surface area contributed by atoms with Crippen molar-refractivity contribution in [2.45, 2.75) is 45.3 Å². The van der Waals surface area contributed by atoms with Gasteiger partial charge in [-0.05, 0) is 41.7 Å². The van der Waals surface area contributed by atoms with Crippen LogP contribution in [0.2, 0.25) is 0 Å². The number of nitrogens with zero attached hydrogens (tertiary/aromatic N) is 1. The number of thioether (sulfide) groups is 1. The number of amides is 1. The fourth-order valence-electron chi connectivity index (χ4n) is 3.17. The summed E-state index contributed by atoms with van der Waals surface area (Å²) >= 11 is 1.07. The number of fused-ring (bicyclic) bond motifs is 1. The van der Waals surface area contributed by atoms with Crippen LogP contribution in [0.1, 0.15) is 42.4 Å². The van der Waals surface area contributed by atoms with Crippen LogP contribution in [0.4, 0.5) is 23.4 Å². The van der Waals surface area contributed by atoms with Crippen LogP contribution < -0.4 is 16.4 Å². The van der Waals surface area contributed by atoms with Gasteiger partial charge >= 0.3 is 12.1 Å². The molecule has 7 nitrogen and oxygen atoms in total. The Morgan fingerprint density at radius 2 is 1.88 bits per heavy atom. The Labute approximate surface area is 199 Å². The second kappa shape index (κ2) is 11.2. The number of carbonyl (C=O) groups excluding carboxylic acids is 2. The number of benzene rings is 1. The van der Waals surface area contributed by atoms with Crippen molar-refractivity contribution in [2.75, 3.05) is 29.9 Å². The van der Waals surface area contributed by atoms with Gasteiger partial charge in [-0.3, -0.25) is 9.74 Å². The largest absolute Gasteiger partial charge is 0.405 e. The molecule has 4 N–H and O–H groups in total. The van der Waals surface area contributed by atoms with Gasteiger partial charge in [-0.2, -0.15) is 13.2 Å². The first-order valence-corrected chi connectivity index (χ1v) is 11.6. The van der Waals surface area contributed by atoms with E-state index in [1.165, 1.54) is 0 Å². The van der Waals surface area contributed by atoms with Crippen molar-refractivity contribution < 1.29 is 32.2 Å². The molecule has 34 heavy (non-hydrogen) atoms. The highest BCUT2D eigenvalue weighted by Gasteiger charge is 2.27. The first kappa shape index (κ1) is 27.6. The molecular formula is C22H28F4N4O3S. The summed E-state index contributed by atoms with van der Waals surface area (Å²) in [5.74, 6) is -1.38. The van der Waals surface area contributed by atoms with Crippen molar-refractivity contribution >= 4 is 40.2 Å². The molecule has 1 atom stereocenters. The van der Waals surface area contributed by atoms with E-state index >= 15 is 0 Å². The molecule has 1 amide bonds. The molecule has 0 spiro atoms. The van der Waals surface area contributed by atoms with E-state index in [9.17, 15) is 27.3 Å². The average molecular weight is 505 g/mol. The summed E-state index contributed by atoms with van der Waals surface area (Å²) in [7, 11) is 0. The van der Waals surface area contributed by atoms with Gasteiger partial charge in [-0.25, -0.2) is 9.78 Å². The third kappa shape index (κ3) is 8.01. The minimum atomic E-state index is -4.36. The Bertz CT molecular complexity index is 1040. The summed E-state index contributed by atoms with van der Waals surface area (Å²) < 4.78 is 49.8. The molecule has 0 aliphatic carbocycles. The summed E-state index contributed by atoms with van der Waals surface area (Å²) in [6.45, 7) is 6.43. The van der Waals surface area contributed by atoms with Gasteiger partial charge in [0.2, 0.25) is 0 Å². The highest BCUT2D eigenvalue weighted by Crippen LogP contribution is 2.34. The number of nitrogens with one attached hydrogen (secondary N) is 2. The second-order valence-corrected chi connectivity index (χ2v) is 9.93. The summed E-state index contributed by atoms with van der Waals surface area (Å²) in [5, 5.41) is 5.74. The molecule has 1 heterocycles. The first-order valence-electron chi connectivity index (χ1n) is 10.4. The predicted molar refractivity (Wildman–Crippen MR) is 125 cm³/mol. The van der Waals surface area contributed by atoms with E-state index in [0.29, 0.717) is 33.5 Å². The molecule has 0 aliphatic rings. The maximum atomic E-state index is 12.7. The Hall–Kier alpha value is -2.60. The lowest BCUT2D eigenvalue weighted by molar-refractivity contribution is -0.179. The summed E-state index contributed by atoms with van der Waals surface area (Å²) in [6.07, 6.45) is -4.36. The van der Waals surface area contributed by atoms with E-state index in [0.717, 1.165) is 11.8 Å². The number of halogens is 4. The molecule has 12 heteroatoms. The van der Waals surface area contributed by atoms with Gasteiger partial charge in [0.15, 0.2) is 0 Å². The fourth-order valence-corrected chi connectivity index (χ4v) is 3.92. The SMILES string of the molecule is Cc1cc(C(=O)NCC(N)CSCC(=O)OF)nc2c(C(C)(C)C)cc(NCC(F)(F)F)cc12. The van der Waals surface area contributed by atoms with Crippen LogP contribution in [-0.2, 0) is 15.2 Å². The molecule has 1 unspecified atom stereocenters. The van der Waals surface area contributed by atoms with Crippen molar-refractivity contribution in [1.82, 2.24) is 10.3 Å². The zero-order valence-corrected chi connectivity index (χ0v) is 20.1. The lowest BCUT2D eigenvalue weighted by Gasteiger charge is -2.23. The third-order valence-corrected chi connectivity index (χ3v) is 5.92. The lowest BCUT2D eigenvalue weighted by Crippen LogP contribution is -2.39. The number of hydrogen-bond donors (Lipinski definition) is 3. The normalized spacial score (nSPS) is 13.0.